The lowest BCUT2D eigenvalue weighted by Gasteiger charge is -2.28. The van der Waals surface area contributed by atoms with Crippen LogP contribution < -0.4 is 11.1 Å². The number of amides is 1. The van der Waals surface area contributed by atoms with Crippen LogP contribution in [0.4, 0.5) is 0 Å². The molecule has 100 valence electrons. The van der Waals surface area contributed by atoms with E-state index in [4.69, 9.17) is 5.73 Å². The van der Waals surface area contributed by atoms with Crippen LogP contribution in [0.25, 0.3) is 0 Å². The molecule has 0 bridgehead atoms. The molecule has 1 amide bonds. The molecule has 0 radical (unpaired) electrons. The number of benzene rings is 1. The zero-order valence-corrected chi connectivity index (χ0v) is 11.8. The Morgan fingerprint density at radius 3 is 2.28 bits per heavy atom. The molecule has 1 aromatic rings. The Hall–Kier alpha value is -1.35. The van der Waals surface area contributed by atoms with Gasteiger partial charge in [0.2, 0.25) is 5.91 Å². The highest BCUT2D eigenvalue weighted by Gasteiger charge is 2.31. The van der Waals surface area contributed by atoms with Gasteiger partial charge in [-0.15, -0.1) is 0 Å². The predicted molar refractivity (Wildman–Crippen MR) is 75.1 cm³/mol. The molecule has 0 saturated heterocycles. The second-order valence-electron chi connectivity index (χ2n) is 5.77. The Labute approximate surface area is 110 Å². The monoisotopic (exact) mass is 248 g/mol. The molecule has 0 aliphatic carbocycles. The number of carbonyl (C=O) groups excluding carboxylic acids is 1. The molecular formula is C15H24N2O. The van der Waals surface area contributed by atoms with Gasteiger partial charge >= 0.3 is 0 Å². The van der Waals surface area contributed by atoms with E-state index >= 15 is 0 Å². The summed E-state index contributed by atoms with van der Waals surface area (Å²) >= 11 is 0. The van der Waals surface area contributed by atoms with E-state index < -0.39 is 5.54 Å². The highest BCUT2D eigenvalue weighted by molar-refractivity contribution is 5.87. The zero-order valence-electron chi connectivity index (χ0n) is 11.8. The molecule has 1 rings (SSSR count). The Morgan fingerprint density at radius 2 is 1.78 bits per heavy atom. The van der Waals surface area contributed by atoms with E-state index in [0.717, 1.165) is 12.0 Å². The van der Waals surface area contributed by atoms with Gasteiger partial charge in [0.15, 0.2) is 0 Å². The van der Waals surface area contributed by atoms with Crippen LogP contribution >= 0.6 is 0 Å². The summed E-state index contributed by atoms with van der Waals surface area (Å²) in [5.74, 6) is -0.129. The SMILES string of the molecule is CCC(C)(C)CNC(=O)C(C)(N)c1ccccc1. The van der Waals surface area contributed by atoms with Crippen molar-refractivity contribution >= 4 is 5.91 Å². The topological polar surface area (TPSA) is 55.1 Å². The van der Waals surface area contributed by atoms with Crippen molar-refractivity contribution in [2.45, 2.75) is 39.7 Å². The van der Waals surface area contributed by atoms with Crippen LogP contribution in [-0.4, -0.2) is 12.5 Å². The minimum atomic E-state index is -0.981. The second kappa shape index (κ2) is 5.53. The molecule has 0 saturated carbocycles. The number of rotatable bonds is 5. The van der Waals surface area contributed by atoms with E-state index in [9.17, 15) is 4.79 Å². The van der Waals surface area contributed by atoms with Crippen LogP contribution in [0.3, 0.4) is 0 Å². The fourth-order valence-electron chi connectivity index (χ4n) is 1.54. The van der Waals surface area contributed by atoms with Gasteiger partial charge in [0.05, 0.1) is 0 Å². The smallest absolute Gasteiger partial charge is 0.244 e. The number of carbonyl (C=O) groups is 1. The lowest BCUT2D eigenvalue weighted by atomic mass is 9.88. The maximum atomic E-state index is 12.2. The molecule has 0 spiro atoms. The lowest BCUT2D eigenvalue weighted by molar-refractivity contribution is -0.126. The van der Waals surface area contributed by atoms with E-state index in [1.807, 2.05) is 30.3 Å². The average molecular weight is 248 g/mol. The molecule has 18 heavy (non-hydrogen) atoms. The van der Waals surface area contributed by atoms with Crippen LogP contribution in [-0.2, 0) is 10.3 Å². The first-order chi connectivity index (χ1) is 8.29. The van der Waals surface area contributed by atoms with Crippen LogP contribution in [0.2, 0.25) is 0 Å². The fraction of sp³-hybridized carbons (Fsp3) is 0.533. The van der Waals surface area contributed by atoms with Crippen LogP contribution in [0, 0.1) is 5.41 Å². The molecule has 0 aromatic heterocycles. The Kier molecular flexibility index (Phi) is 4.52. The Bertz CT molecular complexity index is 396. The van der Waals surface area contributed by atoms with Gasteiger partial charge in [-0.1, -0.05) is 51.1 Å². The largest absolute Gasteiger partial charge is 0.354 e. The van der Waals surface area contributed by atoms with Gasteiger partial charge in [-0.3, -0.25) is 4.79 Å². The van der Waals surface area contributed by atoms with Crippen molar-refractivity contribution in [3.05, 3.63) is 35.9 Å². The molecule has 1 aromatic carbocycles. The molecule has 0 heterocycles. The van der Waals surface area contributed by atoms with Gasteiger partial charge in [0, 0.05) is 6.54 Å². The normalized spacial score (nSPS) is 14.9. The van der Waals surface area contributed by atoms with Crippen molar-refractivity contribution in [3.63, 3.8) is 0 Å². The van der Waals surface area contributed by atoms with Crippen molar-refractivity contribution in [1.29, 1.82) is 0 Å². The van der Waals surface area contributed by atoms with E-state index in [2.05, 4.69) is 26.1 Å². The molecule has 0 aliphatic rings. The van der Waals surface area contributed by atoms with Crippen molar-refractivity contribution in [2.24, 2.45) is 11.1 Å². The summed E-state index contributed by atoms with van der Waals surface area (Å²) in [5, 5.41) is 2.95. The molecule has 3 nitrogen and oxygen atoms in total. The number of hydrogen-bond donors (Lipinski definition) is 2. The highest BCUT2D eigenvalue weighted by atomic mass is 16.2. The van der Waals surface area contributed by atoms with Crippen LogP contribution in [0.15, 0.2) is 30.3 Å². The lowest BCUT2D eigenvalue weighted by Crippen LogP contribution is -2.50. The number of hydrogen-bond acceptors (Lipinski definition) is 2. The molecule has 1 atom stereocenters. The number of nitrogens with two attached hydrogens (primary N) is 1. The quantitative estimate of drug-likeness (QED) is 0.840. The summed E-state index contributed by atoms with van der Waals surface area (Å²) in [5.41, 5.74) is 6.09. The predicted octanol–water partition coefficient (Wildman–Crippen LogP) is 2.41. The zero-order chi connectivity index (χ0) is 13.8. The highest BCUT2D eigenvalue weighted by Crippen LogP contribution is 2.20. The average Bonchev–Trinajstić information content (AvgIpc) is 2.37. The van der Waals surface area contributed by atoms with Gasteiger partial charge in [0.25, 0.3) is 0 Å². The molecule has 1 unspecified atom stereocenters. The minimum Gasteiger partial charge on any atom is -0.354 e. The summed E-state index contributed by atoms with van der Waals surface area (Å²) in [6.45, 7) is 8.76. The van der Waals surface area contributed by atoms with Crippen LogP contribution in [0.1, 0.15) is 39.7 Å². The van der Waals surface area contributed by atoms with E-state index in [1.165, 1.54) is 0 Å². The van der Waals surface area contributed by atoms with E-state index in [1.54, 1.807) is 6.92 Å². The van der Waals surface area contributed by atoms with Crippen molar-refractivity contribution < 1.29 is 4.79 Å². The van der Waals surface area contributed by atoms with Crippen molar-refractivity contribution in [1.82, 2.24) is 5.32 Å². The molecule has 3 heteroatoms. The van der Waals surface area contributed by atoms with Crippen molar-refractivity contribution in [3.8, 4) is 0 Å². The third-order valence-corrected chi connectivity index (χ3v) is 3.53. The number of nitrogens with one attached hydrogen (secondary N) is 1. The van der Waals surface area contributed by atoms with Crippen molar-refractivity contribution in [2.75, 3.05) is 6.54 Å². The van der Waals surface area contributed by atoms with E-state index in [-0.39, 0.29) is 11.3 Å². The first kappa shape index (κ1) is 14.7. The molecule has 3 N–H and O–H groups in total. The standard InChI is InChI=1S/C15H24N2O/c1-5-14(2,3)11-17-13(18)15(4,16)12-9-7-6-8-10-12/h6-10H,5,11,16H2,1-4H3,(H,17,18). The summed E-state index contributed by atoms with van der Waals surface area (Å²) in [7, 11) is 0. The summed E-state index contributed by atoms with van der Waals surface area (Å²) in [4.78, 5) is 12.2. The Balaban J connectivity index is 2.72. The van der Waals surface area contributed by atoms with Gasteiger partial charge in [-0.25, -0.2) is 0 Å². The maximum Gasteiger partial charge on any atom is 0.244 e. The second-order valence-corrected chi connectivity index (χ2v) is 5.77. The molecular weight excluding hydrogens is 224 g/mol. The molecule has 0 aliphatic heterocycles. The third-order valence-electron chi connectivity index (χ3n) is 3.53. The Morgan fingerprint density at radius 1 is 1.22 bits per heavy atom. The third kappa shape index (κ3) is 3.57. The van der Waals surface area contributed by atoms with Gasteiger partial charge in [0.1, 0.15) is 5.54 Å². The summed E-state index contributed by atoms with van der Waals surface area (Å²) in [6.07, 6.45) is 1.01. The maximum absolute atomic E-state index is 12.2. The first-order valence-corrected chi connectivity index (χ1v) is 6.42. The summed E-state index contributed by atoms with van der Waals surface area (Å²) in [6, 6.07) is 9.46. The summed E-state index contributed by atoms with van der Waals surface area (Å²) < 4.78 is 0. The molecule has 0 fully saturated rings. The van der Waals surface area contributed by atoms with E-state index in [0.29, 0.717) is 6.54 Å². The van der Waals surface area contributed by atoms with Gasteiger partial charge in [-0.2, -0.15) is 0 Å². The van der Waals surface area contributed by atoms with Gasteiger partial charge in [-0.05, 0) is 24.3 Å². The van der Waals surface area contributed by atoms with Crippen LogP contribution in [0.5, 0.6) is 0 Å². The fourth-order valence-corrected chi connectivity index (χ4v) is 1.54. The first-order valence-electron chi connectivity index (χ1n) is 6.42. The minimum absolute atomic E-state index is 0.0996. The van der Waals surface area contributed by atoms with Gasteiger partial charge < -0.3 is 11.1 Å².